The molecule has 2 heterocycles. The summed E-state index contributed by atoms with van der Waals surface area (Å²) in [5.74, 6) is 3.66. The molecule has 3 rings (SSSR count). The first kappa shape index (κ1) is 19.4. The van der Waals surface area contributed by atoms with Crippen LogP contribution in [0.3, 0.4) is 0 Å². The number of nitrogens with zero attached hydrogens (tertiary/aromatic N) is 2. The van der Waals surface area contributed by atoms with E-state index in [0.29, 0.717) is 11.5 Å². The number of methoxy groups -OCH3 is 2. The number of carbonyl (C=O) groups is 1. The number of nitrogens with one attached hydrogen (secondary N) is 1. The molecule has 1 aromatic carbocycles. The van der Waals surface area contributed by atoms with Gasteiger partial charge in [-0.2, -0.15) is 16.9 Å². The van der Waals surface area contributed by atoms with Gasteiger partial charge in [0, 0.05) is 23.1 Å². The molecular formula is C20H25N3O3S. The lowest BCUT2D eigenvalue weighted by Crippen LogP contribution is -2.26. The Morgan fingerprint density at radius 2 is 1.96 bits per heavy atom. The summed E-state index contributed by atoms with van der Waals surface area (Å²) in [6.07, 6.45) is 3.28. The van der Waals surface area contributed by atoms with E-state index in [4.69, 9.17) is 14.6 Å². The van der Waals surface area contributed by atoms with Gasteiger partial charge in [-0.25, -0.2) is 4.68 Å². The highest BCUT2D eigenvalue weighted by Crippen LogP contribution is 2.37. The fourth-order valence-corrected chi connectivity index (χ4v) is 3.95. The Morgan fingerprint density at radius 1 is 1.22 bits per heavy atom. The number of ether oxygens (including phenoxy) is 2. The number of rotatable bonds is 5. The van der Waals surface area contributed by atoms with Crippen LogP contribution in [0.1, 0.15) is 37.6 Å². The Morgan fingerprint density at radius 3 is 2.63 bits per heavy atom. The lowest BCUT2D eigenvalue weighted by molar-refractivity contribution is -0.111. The fourth-order valence-electron chi connectivity index (χ4n) is 2.91. The number of amides is 1. The summed E-state index contributed by atoms with van der Waals surface area (Å²) in [5.41, 5.74) is 2.84. The summed E-state index contributed by atoms with van der Waals surface area (Å²) in [7, 11) is 3.18. The molecule has 7 heteroatoms. The smallest absolute Gasteiger partial charge is 0.249 e. The van der Waals surface area contributed by atoms with Crippen molar-refractivity contribution in [3.05, 3.63) is 41.1 Å². The van der Waals surface area contributed by atoms with Gasteiger partial charge in [0.25, 0.3) is 0 Å². The maximum Gasteiger partial charge on any atom is 0.249 e. The minimum absolute atomic E-state index is 0.185. The third-order valence-corrected chi connectivity index (χ3v) is 5.23. The van der Waals surface area contributed by atoms with Crippen molar-refractivity contribution in [1.82, 2.24) is 9.78 Å². The van der Waals surface area contributed by atoms with Crippen LogP contribution >= 0.6 is 11.8 Å². The van der Waals surface area contributed by atoms with Crippen LogP contribution in [0.15, 0.2) is 24.3 Å². The van der Waals surface area contributed by atoms with Crippen molar-refractivity contribution in [1.29, 1.82) is 0 Å². The molecule has 0 unspecified atom stereocenters. The monoisotopic (exact) mass is 387 g/mol. The summed E-state index contributed by atoms with van der Waals surface area (Å²) < 4.78 is 12.4. The van der Waals surface area contributed by atoms with E-state index in [9.17, 15) is 4.79 Å². The number of carbonyl (C=O) groups excluding carboxylic acids is 1. The predicted octanol–water partition coefficient (Wildman–Crippen LogP) is 4.05. The van der Waals surface area contributed by atoms with Gasteiger partial charge in [0.15, 0.2) is 11.5 Å². The quantitative estimate of drug-likeness (QED) is 0.784. The topological polar surface area (TPSA) is 65.4 Å². The molecule has 0 radical (unpaired) electrons. The van der Waals surface area contributed by atoms with E-state index in [1.54, 1.807) is 20.3 Å². The predicted molar refractivity (Wildman–Crippen MR) is 109 cm³/mol. The number of hydrogen-bond donors (Lipinski definition) is 1. The first-order valence-corrected chi connectivity index (χ1v) is 9.89. The molecule has 1 amide bonds. The van der Waals surface area contributed by atoms with E-state index in [1.807, 2.05) is 34.6 Å². The van der Waals surface area contributed by atoms with Crippen molar-refractivity contribution in [3.63, 3.8) is 0 Å². The summed E-state index contributed by atoms with van der Waals surface area (Å²) in [5, 5.41) is 7.73. The molecule has 6 nitrogen and oxygen atoms in total. The Bertz CT molecular complexity index is 881. The van der Waals surface area contributed by atoms with E-state index in [0.717, 1.165) is 34.1 Å². The molecule has 144 valence electrons. The van der Waals surface area contributed by atoms with Crippen molar-refractivity contribution >= 4 is 29.6 Å². The van der Waals surface area contributed by atoms with Crippen LogP contribution in [-0.4, -0.2) is 29.9 Å². The number of hydrogen-bond acceptors (Lipinski definition) is 5. The normalized spacial score (nSPS) is 13.7. The lowest BCUT2D eigenvalue weighted by atomic mass is 10.1. The molecule has 1 aromatic heterocycles. The molecule has 0 aliphatic carbocycles. The lowest BCUT2D eigenvalue weighted by Gasteiger charge is -2.23. The molecule has 0 spiro atoms. The molecule has 0 bridgehead atoms. The largest absolute Gasteiger partial charge is 0.493 e. The summed E-state index contributed by atoms with van der Waals surface area (Å²) in [6.45, 7) is 6.24. The number of benzene rings is 1. The third kappa shape index (κ3) is 4.13. The summed E-state index contributed by atoms with van der Waals surface area (Å²) >= 11 is 1.82. The molecule has 0 fully saturated rings. The average Bonchev–Trinajstić information content (AvgIpc) is 3.22. The second-order valence-electron chi connectivity index (χ2n) is 7.29. The van der Waals surface area contributed by atoms with Gasteiger partial charge in [-0.1, -0.05) is 6.07 Å². The average molecular weight is 388 g/mol. The Hall–Kier alpha value is -2.41. The van der Waals surface area contributed by atoms with E-state index in [1.165, 1.54) is 6.08 Å². The number of fused-ring (bicyclic) bond motifs is 1. The maximum atomic E-state index is 12.5. The van der Waals surface area contributed by atoms with E-state index < -0.39 is 0 Å². The minimum atomic E-state index is -0.204. The zero-order valence-electron chi connectivity index (χ0n) is 16.3. The highest BCUT2D eigenvalue weighted by Gasteiger charge is 2.28. The fraction of sp³-hybridized carbons (Fsp3) is 0.400. The van der Waals surface area contributed by atoms with Gasteiger partial charge in [-0.05, 0) is 44.5 Å². The maximum absolute atomic E-state index is 12.5. The van der Waals surface area contributed by atoms with Gasteiger partial charge in [0.05, 0.1) is 25.5 Å². The van der Waals surface area contributed by atoms with Crippen LogP contribution in [0.5, 0.6) is 11.5 Å². The highest BCUT2D eigenvalue weighted by atomic mass is 32.2. The van der Waals surface area contributed by atoms with Gasteiger partial charge in [-0.15, -0.1) is 0 Å². The van der Waals surface area contributed by atoms with Crippen LogP contribution < -0.4 is 14.8 Å². The standard InChI is InChI=1S/C20H25N3O3S/c1-20(2,3)23-19(14-11-27-12-15(14)22-23)21-18(24)9-7-13-6-8-16(25-4)17(10-13)26-5/h6-10H,11-12H2,1-5H3,(H,21,24). The molecule has 0 saturated carbocycles. The summed E-state index contributed by atoms with van der Waals surface area (Å²) in [6, 6.07) is 5.52. The van der Waals surface area contributed by atoms with E-state index in [2.05, 4.69) is 26.1 Å². The SMILES string of the molecule is COc1ccc(C=CC(=O)Nc2c3c(nn2C(C)(C)C)CSC3)cc1OC. The molecule has 0 atom stereocenters. The zero-order valence-corrected chi connectivity index (χ0v) is 17.1. The van der Waals surface area contributed by atoms with Crippen molar-refractivity contribution in [2.45, 2.75) is 37.8 Å². The number of thioether (sulfide) groups is 1. The van der Waals surface area contributed by atoms with Crippen molar-refractivity contribution < 1.29 is 14.3 Å². The Balaban J connectivity index is 1.80. The summed E-state index contributed by atoms with van der Waals surface area (Å²) in [4.78, 5) is 12.5. The van der Waals surface area contributed by atoms with Gasteiger partial charge in [-0.3, -0.25) is 4.79 Å². The van der Waals surface area contributed by atoms with Gasteiger partial charge < -0.3 is 14.8 Å². The zero-order chi connectivity index (χ0) is 19.6. The molecule has 1 N–H and O–H groups in total. The molecule has 2 aromatic rings. The van der Waals surface area contributed by atoms with Crippen molar-refractivity contribution in [2.75, 3.05) is 19.5 Å². The van der Waals surface area contributed by atoms with E-state index >= 15 is 0 Å². The van der Waals surface area contributed by atoms with Gasteiger partial charge >= 0.3 is 0 Å². The van der Waals surface area contributed by atoms with Crippen LogP contribution in [-0.2, 0) is 21.8 Å². The number of aromatic nitrogens is 2. The van der Waals surface area contributed by atoms with Crippen molar-refractivity contribution in [2.24, 2.45) is 0 Å². The first-order chi connectivity index (χ1) is 12.8. The van der Waals surface area contributed by atoms with Crippen LogP contribution in [0.4, 0.5) is 5.82 Å². The number of anilines is 1. The van der Waals surface area contributed by atoms with Crippen LogP contribution in [0.25, 0.3) is 6.08 Å². The minimum Gasteiger partial charge on any atom is -0.493 e. The Labute approximate surface area is 163 Å². The van der Waals surface area contributed by atoms with Crippen LogP contribution in [0.2, 0.25) is 0 Å². The first-order valence-electron chi connectivity index (χ1n) is 8.73. The Kier molecular flexibility index (Phi) is 5.51. The van der Waals surface area contributed by atoms with Crippen molar-refractivity contribution in [3.8, 4) is 11.5 Å². The molecule has 1 aliphatic rings. The molecule has 0 saturated heterocycles. The van der Waals surface area contributed by atoms with E-state index in [-0.39, 0.29) is 11.4 Å². The molecule has 27 heavy (non-hydrogen) atoms. The van der Waals surface area contributed by atoms with Crippen LogP contribution in [0, 0.1) is 0 Å². The molecule has 1 aliphatic heterocycles. The highest BCUT2D eigenvalue weighted by molar-refractivity contribution is 7.98. The second kappa shape index (κ2) is 7.68. The third-order valence-electron chi connectivity index (χ3n) is 4.26. The van der Waals surface area contributed by atoms with Gasteiger partial charge in [0.2, 0.25) is 5.91 Å². The van der Waals surface area contributed by atoms with Gasteiger partial charge in [0.1, 0.15) is 5.82 Å². The molecular weight excluding hydrogens is 362 g/mol. The second-order valence-corrected chi connectivity index (χ2v) is 8.27.